The Kier molecular flexibility index (Phi) is 5.19. The molecule has 0 aliphatic carbocycles. The number of nitrogens with zero attached hydrogens (tertiary/aromatic N) is 2. The quantitative estimate of drug-likeness (QED) is 0.559. The summed E-state index contributed by atoms with van der Waals surface area (Å²) in [6, 6.07) is 0.729. The van der Waals surface area contributed by atoms with Gasteiger partial charge in [0.25, 0.3) is 5.91 Å². The number of hydrogen-bond donors (Lipinski definition) is 3. The molecule has 0 spiro atoms. The Morgan fingerprint density at radius 1 is 1.61 bits per heavy atom. The van der Waals surface area contributed by atoms with Gasteiger partial charge in [-0.2, -0.15) is 0 Å². The van der Waals surface area contributed by atoms with E-state index in [4.69, 9.17) is 10.8 Å². The van der Waals surface area contributed by atoms with E-state index in [0.29, 0.717) is 18.7 Å². The molecule has 0 aliphatic heterocycles. The molecule has 18 heavy (non-hydrogen) atoms. The number of rotatable bonds is 6. The van der Waals surface area contributed by atoms with Crippen LogP contribution in [-0.4, -0.2) is 34.7 Å². The van der Waals surface area contributed by atoms with Crippen molar-refractivity contribution in [3.05, 3.63) is 24.0 Å². The van der Waals surface area contributed by atoms with Crippen LogP contribution < -0.4 is 15.7 Å². The maximum absolute atomic E-state index is 11.5. The van der Waals surface area contributed by atoms with Crippen LogP contribution in [0.3, 0.4) is 0 Å². The predicted octanol–water partition coefficient (Wildman–Crippen LogP) is -1.08. The standard InChI is InChI=1S/C11H16N4O3/c1-2-13-10(16)8-3-5-15(14-7-8)6-4-9(12)11(17)18/h3,5,7,9H,2,4,6,12H2,1H3,(H-,13,16,17,18)/p+1. The van der Waals surface area contributed by atoms with Crippen molar-refractivity contribution in [3.8, 4) is 0 Å². The van der Waals surface area contributed by atoms with Gasteiger partial charge < -0.3 is 16.2 Å². The van der Waals surface area contributed by atoms with Crippen LogP contribution in [0.25, 0.3) is 0 Å². The first-order valence-electron chi connectivity index (χ1n) is 5.67. The number of amides is 1. The lowest BCUT2D eigenvalue weighted by Gasteiger charge is -2.02. The highest BCUT2D eigenvalue weighted by atomic mass is 16.4. The van der Waals surface area contributed by atoms with Crippen LogP contribution in [0.15, 0.2) is 18.5 Å². The van der Waals surface area contributed by atoms with Crippen LogP contribution in [0.4, 0.5) is 0 Å². The molecule has 0 bridgehead atoms. The molecular formula is C11H17N4O3+. The molecule has 1 unspecified atom stereocenters. The summed E-state index contributed by atoms with van der Waals surface area (Å²) in [6.07, 6.45) is 3.35. The summed E-state index contributed by atoms with van der Waals surface area (Å²) < 4.78 is 1.55. The number of aliphatic carboxylic acids is 1. The van der Waals surface area contributed by atoms with Crippen molar-refractivity contribution in [2.45, 2.75) is 25.9 Å². The molecule has 1 atom stereocenters. The maximum Gasteiger partial charge on any atom is 0.320 e. The number of aryl methyl sites for hydroxylation is 1. The minimum atomic E-state index is -1.03. The second kappa shape index (κ2) is 6.65. The van der Waals surface area contributed by atoms with E-state index in [0.717, 1.165) is 0 Å². The van der Waals surface area contributed by atoms with E-state index >= 15 is 0 Å². The first kappa shape index (κ1) is 14.0. The monoisotopic (exact) mass is 253 g/mol. The van der Waals surface area contributed by atoms with Crippen LogP contribution in [0.1, 0.15) is 23.7 Å². The van der Waals surface area contributed by atoms with Gasteiger partial charge in [0.2, 0.25) is 0 Å². The molecule has 0 saturated carbocycles. The van der Waals surface area contributed by atoms with Gasteiger partial charge in [0.05, 0.1) is 5.56 Å². The summed E-state index contributed by atoms with van der Waals surface area (Å²) in [4.78, 5) is 22.0. The molecule has 0 aliphatic rings. The minimum Gasteiger partial charge on any atom is -0.480 e. The van der Waals surface area contributed by atoms with Gasteiger partial charge in [-0.25, -0.2) is 0 Å². The van der Waals surface area contributed by atoms with Crippen molar-refractivity contribution < 1.29 is 19.4 Å². The highest BCUT2D eigenvalue weighted by Gasteiger charge is 2.15. The summed E-state index contributed by atoms with van der Waals surface area (Å²) in [6.45, 7) is 2.78. The number of carbonyl (C=O) groups excluding carboxylic acids is 1. The fourth-order valence-corrected chi connectivity index (χ4v) is 1.31. The van der Waals surface area contributed by atoms with Crippen molar-refractivity contribution >= 4 is 11.9 Å². The molecule has 1 aromatic rings. The molecule has 7 nitrogen and oxygen atoms in total. The summed E-state index contributed by atoms with van der Waals surface area (Å²) in [5.74, 6) is -1.21. The Morgan fingerprint density at radius 3 is 2.83 bits per heavy atom. The Morgan fingerprint density at radius 2 is 2.33 bits per heavy atom. The van der Waals surface area contributed by atoms with Crippen LogP contribution >= 0.6 is 0 Å². The first-order chi connectivity index (χ1) is 8.54. The second-order valence-corrected chi connectivity index (χ2v) is 3.77. The Balaban J connectivity index is 2.55. The van der Waals surface area contributed by atoms with Crippen LogP contribution in [0.5, 0.6) is 0 Å². The topological polar surface area (TPSA) is 109 Å². The number of hydrogen-bond acceptors (Lipinski definition) is 4. The van der Waals surface area contributed by atoms with Crippen molar-refractivity contribution in [3.63, 3.8) is 0 Å². The number of nitrogens with two attached hydrogens (primary N) is 1. The van der Waals surface area contributed by atoms with E-state index in [1.807, 2.05) is 6.92 Å². The van der Waals surface area contributed by atoms with E-state index in [-0.39, 0.29) is 12.3 Å². The number of carboxylic acids is 1. The Bertz CT molecular complexity index is 419. The van der Waals surface area contributed by atoms with E-state index in [2.05, 4.69) is 10.4 Å². The van der Waals surface area contributed by atoms with Gasteiger partial charge in [-0.05, 0) is 12.0 Å². The number of carbonyl (C=O) groups is 2. The molecule has 4 N–H and O–H groups in total. The molecular weight excluding hydrogens is 236 g/mol. The van der Waals surface area contributed by atoms with Gasteiger partial charge in [-0.15, -0.1) is 0 Å². The van der Waals surface area contributed by atoms with Crippen molar-refractivity contribution in [2.24, 2.45) is 5.73 Å². The van der Waals surface area contributed by atoms with Crippen molar-refractivity contribution in [2.75, 3.05) is 6.54 Å². The molecule has 98 valence electrons. The zero-order valence-corrected chi connectivity index (χ0v) is 10.2. The van der Waals surface area contributed by atoms with Crippen molar-refractivity contribution in [1.82, 2.24) is 10.4 Å². The normalized spacial score (nSPS) is 11.9. The second-order valence-electron chi connectivity index (χ2n) is 3.77. The third-order valence-electron chi connectivity index (χ3n) is 2.36. The number of nitrogens with one attached hydrogen (secondary N) is 1. The van der Waals surface area contributed by atoms with E-state index < -0.39 is 12.0 Å². The molecule has 0 radical (unpaired) electrons. The lowest BCUT2D eigenvalue weighted by Crippen LogP contribution is -2.42. The smallest absolute Gasteiger partial charge is 0.320 e. The average molecular weight is 253 g/mol. The highest BCUT2D eigenvalue weighted by molar-refractivity contribution is 5.93. The first-order valence-corrected chi connectivity index (χ1v) is 5.67. The summed E-state index contributed by atoms with van der Waals surface area (Å²) in [5.41, 5.74) is 5.85. The zero-order chi connectivity index (χ0) is 13.5. The summed E-state index contributed by atoms with van der Waals surface area (Å²) in [7, 11) is 0. The highest BCUT2D eigenvalue weighted by Crippen LogP contribution is 1.93. The lowest BCUT2D eigenvalue weighted by atomic mass is 10.2. The molecule has 7 heteroatoms. The van der Waals surface area contributed by atoms with Crippen LogP contribution in [-0.2, 0) is 11.3 Å². The fourth-order valence-electron chi connectivity index (χ4n) is 1.31. The molecule has 1 heterocycles. The lowest BCUT2D eigenvalue weighted by molar-refractivity contribution is -0.754. The molecule has 0 aromatic carbocycles. The van der Waals surface area contributed by atoms with Gasteiger partial charge in [0, 0.05) is 19.0 Å². The van der Waals surface area contributed by atoms with Gasteiger partial charge in [-0.3, -0.25) is 9.59 Å². The van der Waals surface area contributed by atoms with E-state index in [1.54, 1.807) is 16.9 Å². The summed E-state index contributed by atoms with van der Waals surface area (Å²) in [5, 5.41) is 15.3. The largest absolute Gasteiger partial charge is 0.480 e. The fraction of sp³-hybridized carbons (Fsp3) is 0.455. The molecule has 0 fully saturated rings. The predicted molar refractivity (Wildman–Crippen MR) is 62.7 cm³/mol. The van der Waals surface area contributed by atoms with E-state index in [1.165, 1.54) is 6.20 Å². The molecule has 1 amide bonds. The third kappa shape index (κ3) is 4.10. The maximum atomic E-state index is 11.5. The Hall–Kier alpha value is -2.02. The third-order valence-corrected chi connectivity index (χ3v) is 2.36. The van der Waals surface area contributed by atoms with Gasteiger partial charge in [0.1, 0.15) is 12.2 Å². The minimum absolute atomic E-state index is 0.181. The number of carboxylic acid groups (broad SMARTS) is 1. The van der Waals surface area contributed by atoms with Crippen molar-refractivity contribution in [1.29, 1.82) is 0 Å². The average Bonchev–Trinajstić information content (AvgIpc) is 2.36. The molecule has 1 rings (SSSR count). The summed E-state index contributed by atoms with van der Waals surface area (Å²) >= 11 is 0. The SMILES string of the molecule is CCNC(=O)c1cc[n+](CCC(N)C(=O)O)nc1. The van der Waals surface area contributed by atoms with Gasteiger partial charge in [-0.1, -0.05) is 4.68 Å². The molecule has 1 aromatic heterocycles. The van der Waals surface area contributed by atoms with Gasteiger partial charge >= 0.3 is 5.97 Å². The number of aromatic nitrogens is 2. The van der Waals surface area contributed by atoms with Crippen LogP contribution in [0, 0.1) is 0 Å². The molecule has 0 saturated heterocycles. The Labute approximate surface area is 105 Å². The zero-order valence-electron chi connectivity index (χ0n) is 10.2. The van der Waals surface area contributed by atoms with Crippen LogP contribution in [0.2, 0.25) is 0 Å². The van der Waals surface area contributed by atoms with E-state index in [9.17, 15) is 9.59 Å². The van der Waals surface area contributed by atoms with Gasteiger partial charge in [0.15, 0.2) is 12.7 Å².